The molecule has 0 saturated carbocycles. The van der Waals surface area contributed by atoms with Gasteiger partial charge in [-0.3, -0.25) is 4.79 Å². The van der Waals surface area contributed by atoms with Gasteiger partial charge in [-0.1, -0.05) is 41.9 Å². The number of terminal acetylenes is 1. The zero-order chi connectivity index (χ0) is 13.0. The second kappa shape index (κ2) is 5.79. The minimum absolute atomic E-state index is 0.0678. The molecule has 2 rings (SSSR count). The van der Waals surface area contributed by atoms with Crippen LogP contribution in [0.25, 0.3) is 0 Å². The van der Waals surface area contributed by atoms with Gasteiger partial charge < -0.3 is 4.74 Å². The third kappa shape index (κ3) is 2.44. The van der Waals surface area contributed by atoms with Crippen molar-refractivity contribution in [2.24, 2.45) is 0 Å². The van der Waals surface area contributed by atoms with E-state index in [0.717, 1.165) is 29.5 Å². The molecule has 0 unspecified atom stereocenters. The Morgan fingerprint density at radius 1 is 1.44 bits per heavy atom. The summed E-state index contributed by atoms with van der Waals surface area (Å²) in [6.07, 6.45) is 8.67. The zero-order valence-corrected chi connectivity index (χ0v) is 11.0. The van der Waals surface area contributed by atoms with Crippen LogP contribution in [-0.4, -0.2) is 18.6 Å². The molecule has 0 aromatic heterocycles. The van der Waals surface area contributed by atoms with Gasteiger partial charge in [-0.05, 0) is 24.7 Å². The Kier molecular flexibility index (Phi) is 4.11. The van der Waals surface area contributed by atoms with E-state index in [1.165, 1.54) is 11.8 Å². The first kappa shape index (κ1) is 12.8. The molecule has 1 aromatic carbocycles. The summed E-state index contributed by atoms with van der Waals surface area (Å²) < 4.78 is 5.45. The molecule has 0 fully saturated rings. The maximum atomic E-state index is 12.4. The van der Waals surface area contributed by atoms with Crippen LogP contribution in [0.5, 0.6) is 0 Å². The molecule has 0 aliphatic heterocycles. The summed E-state index contributed by atoms with van der Waals surface area (Å²) in [6.45, 7) is 0.203. The third-order valence-electron chi connectivity index (χ3n) is 2.90. The van der Waals surface area contributed by atoms with Crippen molar-refractivity contribution >= 4 is 17.5 Å². The van der Waals surface area contributed by atoms with Crippen LogP contribution >= 0.6 is 11.8 Å². The van der Waals surface area contributed by atoms with E-state index >= 15 is 0 Å². The second-order valence-corrected chi connectivity index (χ2v) is 4.73. The molecule has 0 saturated heterocycles. The van der Waals surface area contributed by atoms with Gasteiger partial charge in [0, 0.05) is 11.1 Å². The van der Waals surface area contributed by atoms with Crippen molar-refractivity contribution in [3.8, 4) is 12.3 Å². The standard InChI is InChI=1S/C15H14O2S/c1-3-10-17-15(18-2)13-9-8-11-6-4-5-7-12(11)14(13)16/h1,4-7H,8-10H2,2H3/b15-13+. The van der Waals surface area contributed by atoms with Crippen molar-refractivity contribution in [2.75, 3.05) is 12.9 Å². The van der Waals surface area contributed by atoms with Crippen LogP contribution in [0, 0.1) is 12.3 Å². The molecule has 1 aliphatic rings. The highest BCUT2D eigenvalue weighted by molar-refractivity contribution is 8.02. The van der Waals surface area contributed by atoms with E-state index in [-0.39, 0.29) is 12.4 Å². The Balaban J connectivity index is 2.35. The number of fused-ring (bicyclic) bond motifs is 1. The highest BCUT2D eigenvalue weighted by Gasteiger charge is 2.25. The zero-order valence-electron chi connectivity index (χ0n) is 10.2. The van der Waals surface area contributed by atoms with Gasteiger partial charge in [0.05, 0.1) is 0 Å². The van der Waals surface area contributed by atoms with Gasteiger partial charge in [0.1, 0.15) is 6.61 Å². The highest BCUT2D eigenvalue weighted by Crippen LogP contribution is 2.30. The SMILES string of the molecule is C#CCO/C(SC)=C1/CCc2ccccc2C1=O. The molecule has 0 radical (unpaired) electrons. The quantitative estimate of drug-likeness (QED) is 0.473. The van der Waals surface area contributed by atoms with Crippen LogP contribution in [0.3, 0.4) is 0 Å². The fourth-order valence-corrected chi connectivity index (χ4v) is 2.68. The van der Waals surface area contributed by atoms with Gasteiger partial charge in [0.25, 0.3) is 0 Å². The van der Waals surface area contributed by atoms with Crippen LogP contribution in [0.15, 0.2) is 34.9 Å². The Labute approximate surface area is 111 Å². The van der Waals surface area contributed by atoms with Crippen LogP contribution in [0.1, 0.15) is 22.3 Å². The van der Waals surface area contributed by atoms with Gasteiger partial charge in [-0.25, -0.2) is 0 Å². The first-order valence-corrected chi connectivity index (χ1v) is 6.96. The molecule has 2 nitrogen and oxygen atoms in total. The number of rotatable bonds is 3. The minimum atomic E-state index is 0.0678. The van der Waals surface area contributed by atoms with Gasteiger partial charge in [0.2, 0.25) is 0 Å². The molecule has 3 heteroatoms. The average Bonchev–Trinajstić information content (AvgIpc) is 2.42. The molecule has 18 heavy (non-hydrogen) atoms. The van der Waals surface area contributed by atoms with E-state index in [4.69, 9.17) is 11.2 Å². The summed E-state index contributed by atoms with van der Waals surface area (Å²) in [5, 5.41) is 0.660. The minimum Gasteiger partial charge on any atom is -0.474 e. The third-order valence-corrected chi connectivity index (χ3v) is 3.63. The first-order chi connectivity index (χ1) is 8.77. The summed E-state index contributed by atoms with van der Waals surface area (Å²) in [5.41, 5.74) is 2.65. The lowest BCUT2D eigenvalue weighted by atomic mass is 9.87. The molecule has 0 spiro atoms. The Bertz CT molecular complexity index is 538. The van der Waals surface area contributed by atoms with Crippen molar-refractivity contribution in [3.05, 3.63) is 46.1 Å². The van der Waals surface area contributed by atoms with Gasteiger partial charge in [-0.2, -0.15) is 0 Å². The number of ketones is 1. The van der Waals surface area contributed by atoms with Crippen LogP contribution in [0.2, 0.25) is 0 Å². The van der Waals surface area contributed by atoms with E-state index in [1.807, 2.05) is 30.5 Å². The molecule has 0 amide bonds. The molecule has 1 aliphatic carbocycles. The molecule has 0 bridgehead atoms. The predicted molar refractivity (Wildman–Crippen MR) is 74.4 cm³/mol. The number of ether oxygens (including phenoxy) is 1. The Hall–Kier alpha value is -1.66. The summed E-state index contributed by atoms with van der Waals surface area (Å²) in [4.78, 5) is 12.4. The lowest BCUT2D eigenvalue weighted by molar-refractivity contribution is 0.101. The predicted octanol–water partition coefficient (Wildman–Crippen LogP) is 3.04. The number of benzene rings is 1. The molecule has 0 atom stereocenters. The van der Waals surface area contributed by atoms with Crippen molar-refractivity contribution in [2.45, 2.75) is 12.8 Å². The van der Waals surface area contributed by atoms with Crippen molar-refractivity contribution < 1.29 is 9.53 Å². The van der Waals surface area contributed by atoms with Crippen LogP contribution < -0.4 is 0 Å². The number of carbonyl (C=O) groups is 1. The molecule has 92 valence electrons. The van der Waals surface area contributed by atoms with Crippen molar-refractivity contribution in [1.82, 2.24) is 0 Å². The Morgan fingerprint density at radius 3 is 2.94 bits per heavy atom. The monoisotopic (exact) mass is 258 g/mol. The number of thioether (sulfide) groups is 1. The second-order valence-electron chi connectivity index (χ2n) is 3.95. The summed E-state index contributed by atoms with van der Waals surface area (Å²) >= 11 is 1.44. The van der Waals surface area contributed by atoms with Gasteiger partial charge in [-0.15, -0.1) is 6.42 Å². The summed E-state index contributed by atoms with van der Waals surface area (Å²) in [5.74, 6) is 2.49. The number of aryl methyl sites for hydroxylation is 1. The lowest BCUT2D eigenvalue weighted by Gasteiger charge is -2.19. The number of hydrogen-bond donors (Lipinski definition) is 0. The number of hydrogen-bond acceptors (Lipinski definition) is 3. The van der Waals surface area contributed by atoms with E-state index < -0.39 is 0 Å². The molecule has 1 aromatic rings. The summed E-state index contributed by atoms with van der Waals surface area (Å²) in [6, 6.07) is 7.73. The van der Waals surface area contributed by atoms with Crippen LogP contribution in [-0.2, 0) is 11.2 Å². The molecule has 0 heterocycles. The number of carbonyl (C=O) groups excluding carboxylic acids is 1. The van der Waals surface area contributed by atoms with E-state index in [1.54, 1.807) is 0 Å². The molecule has 0 N–H and O–H groups in total. The topological polar surface area (TPSA) is 26.3 Å². The number of Topliss-reactive ketones (excluding diaryl/α,β-unsaturated/α-hetero) is 1. The van der Waals surface area contributed by atoms with Gasteiger partial charge >= 0.3 is 0 Å². The first-order valence-electron chi connectivity index (χ1n) is 5.74. The lowest BCUT2D eigenvalue weighted by Crippen LogP contribution is -2.16. The van der Waals surface area contributed by atoms with Crippen LogP contribution in [0.4, 0.5) is 0 Å². The maximum absolute atomic E-state index is 12.4. The van der Waals surface area contributed by atoms with Gasteiger partial charge in [0.15, 0.2) is 10.9 Å². The fraction of sp³-hybridized carbons (Fsp3) is 0.267. The Morgan fingerprint density at radius 2 is 2.22 bits per heavy atom. The van der Waals surface area contributed by atoms with E-state index in [9.17, 15) is 4.79 Å². The normalized spacial score (nSPS) is 16.8. The molecular formula is C15H14O2S. The fourth-order valence-electron chi connectivity index (χ4n) is 2.07. The number of allylic oxidation sites excluding steroid dienone is 1. The molecular weight excluding hydrogens is 244 g/mol. The van der Waals surface area contributed by atoms with E-state index in [2.05, 4.69) is 5.92 Å². The van der Waals surface area contributed by atoms with Crippen molar-refractivity contribution in [3.63, 3.8) is 0 Å². The summed E-state index contributed by atoms with van der Waals surface area (Å²) in [7, 11) is 0. The van der Waals surface area contributed by atoms with Crippen molar-refractivity contribution in [1.29, 1.82) is 0 Å². The maximum Gasteiger partial charge on any atom is 0.193 e. The highest BCUT2D eigenvalue weighted by atomic mass is 32.2. The smallest absolute Gasteiger partial charge is 0.193 e. The van der Waals surface area contributed by atoms with E-state index in [0.29, 0.717) is 5.09 Å². The average molecular weight is 258 g/mol. The largest absolute Gasteiger partial charge is 0.474 e.